The third kappa shape index (κ3) is 2.07. The largest absolute Gasteiger partial charge is 0.256 e. The van der Waals surface area contributed by atoms with Crippen molar-refractivity contribution in [1.82, 2.24) is 4.98 Å². The van der Waals surface area contributed by atoms with E-state index in [1.165, 1.54) is 27.8 Å². The van der Waals surface area contributed by atoms with Gasteiger partial charge in [0.2, 0.25) is 0 Å². The van der Waals surface area contributed by atoms with E-state index in [1.54, 1.807) is 0 Å². The molecule has 100 valence electrons. The summed E-state index contributed by atoms with van der Waals surface area (Å²) in [6, 6.07) is 25.4. The predicted molar refractivity (Wildman–Crippen MR) is 86.7 cm³/mol. The summed E-state index contributed by atoms with van der Waals surface area (Å²) in [5.41, 5.74) is 7.69. The molecule has 0 radical (unpaired) electrons. The third-order valence-corrected chi connectivity index (χ3v) is 4.00. The minimum absolute atomic E-state index is 0.978. The quantitative estimate of drug-likeness (QED) is 0.662. The Bertz CT molecular complexity index is 802. The molecule has 0 aliphatic heterocycles. The van der Waals surface area contributed by atoms with Crippen LogP contribution in [0.4, 0.5) is 0 Å². The van der Waals surface area contributed by atoms with Crippen molar-refractivity contribution in [2.45, 2.75) is 6.42 Å². The fraction of sp³-hybridized carbons (Fsp3) is 0.0500. The maximum atomic E-state index is 4.58. The Kier molecular flexibility index (Phi) is 2.89. The summed E-state index contributed by atoms with van der Waals surface area (Å²) in [5.74, 6) is 0. The molecule has 1 heteroatoms. The normalized spacial score (nSPS) is 13.3. The summed E-state index contributed by atoms with van der Waals surface area (Å²) in [7, 11) is 0. The Morgan fingerprint density at radius 3 is 2.29 bits per heavy atom. The highest BCUT2D eigenvalue weighted by molar-refractivity contribution is 6.02. The van der Waals surface area contributed by atoms with E-state index in [0.29, 0.717) is 0 Å². The number of benzene rings is 2. The van der Waals surface area contributed by atoms with Crippen molar-refractivity contribution in [1.29, 1.82) is 0 Å². The SMILES string of the molecule is c1ccc(C2=C(c3ccccn3)c3ccccc3C2)cc1. The number of nitrogens with zero attached hydrogens (tertiary/aromatic N) is 1. The predicted octanol–water partition coefficient (Wildman–Crippen LogP) is 4.60. The molecular formula is C20H15N. The van der Waals surface area contributed by atoms with Crippen LogP contribution in [0.25, 0.3) is 11.1 Å². The molecule has 0 atom stereocenters. The second-order valence-electron chi connectivity index (χ2n) is 5.27. The number of rotatable bonds is 2. The van der Waals surface area contributed by atoms with E-state index in [-0.39, 0.29) is 0 Å². The molecule has 2 aromatic carbocycles. The molecule has 0 amide bonds. The Morgan fingerprint density at radius 2 is 1.48 bits per heavy atom. The van der Waals surface area contributed by atoms with Gasteiger partial charge in [-0.1, -0.05) is 60.7 Å². The molecule has 0 bridgehead atoms. The Morgan fingerprint density at radius 1 is 0.714 bits per heavy atom. The first-order chi connectivity index (χ1) is 10.4. The van der Waals surface area contributed by atoms with Crippen LogP contribution in [-0.2, 0) is 6.42 Å². The van der Waals surface area contributed by atoms with Crippen molar-refractivity contribution in [2.75, 3.05) is 0 Å². The van der Waals surface area contributed by atoms with Crippen LogP contribution in [0.3, 0.4) is 0 Å². The van der Waals surface area contributed by atoms with Crippen molar-refractivity contribution in [3.63, 3.8) is 0 Å². The molecule has 1 aliphatic carbocycles. The second kappa shape index (κ2) is 5.02. The van der Waals surface area contributed by atoms with E-state index in [0.717, 1.165) is 12.1 Å². The van der Waals surface area contributed by atoms with Gasteiger partial charge in [0.15, 0.2) is 0 Å². The first kappa shape index (κ1) is 12.1. The lowest BCUT2D eigenvalue weighted by atomic mass is 9.98. The molecule has 4 rings (SSSR count). The van der Waals surface area contributed by atoms with Crippen LogP contribution < -0.4 is 0 Å². The molecule has 0 saturated carbocycles. The summed E-state index contributed by atoms with van der Waals surface area (Å²) in [6.07, 6.45) is 2.85. The summed E-state index contributed by atoms with van der Waals surface area (Å²) in [4.78, 5) is 4.58. The average Bonchev–Trinajstić information content (AvgIpc) is 2.96. The zero-order valence-corrected chi connectivity index (χ0v) is 11.7. The first-order valence-corrected chi connectivity index (χ1v) is 7.22. The van der Waals surface area contributed by atoms with Gasteiger partial charge in [0, 0.05) is 11.8 Å². The van der Waals surface area contributed by atoms with E-state index in [1.807, 2.05) is 12.3 Å². The van der Waals surface area contributed by atoms with Gasteiger partial charge in [-0.3, -0.25) is 4.98 Å². The third-order valence-electron chi connectivity index (χ3n) is 4.00. The highest BCUT2D eigenvalue weighted by Crippen LogP contribution is 2.41. The molecule has 0 N–H and O–H groups in total. The molecule has 21 heavy (non-hydrogen) atoms. The van der Waals surface area contributed by atoms with E-state index >= 15 is 0 Å². The number of fused-ring (bicyclic) bond motifs is 1. The molecule has 1 aromatic heterocycles. The summed E-state index contributed by atoms with van der Waals surface area (Å²) in [5, 5.41) is 0. The number of hydrogen-bond acceptors (Lipinski definition) is 1. The van der Waals surface area contributed by atoms with Gasteiger partial charge < -0.3 is 0 Å². The number of allylic oxidation sites excluding steroid dienone is 1. The van der Waals surface area contributed by atoms with Gasteiger partial charge in [-0.2, -0.15) is 0 Å². The lowest BCUT2D eigenvalue weighted by Crippen LogP contribution is -1.91. The van der Waals surface area contributed by atoms with Gasteiger partial charge in [-0.15, -0.1) is 0 Å². The zero-order chi connectivity index (χ0) is 14.1. The van der Waals surface area contributed by atoms with Crippen LogP contribution >= 0.6 is 0 Å². The smallest absolute Gasteiger partial charge is 0.0711 e. The van der Waals surface area contributed by atoms with Gasteiger partial charge in [0.05, 0.1) is 5.69 Å². The molecule has 0 saturated heterocycles. The minimum atomic E-state index is 0.978. The minimum Gasteiger partial charge on any atom is -0.256 e. The average molecular weight is 269 g/mol. The molecule has 3 aromatic rings. The number of pyridine rings is 1. The number of aromatic nitrogens is 1. The molecular weight excluding hydrogens is 254 g/mol. The molecule has 1 heterocycles. The monoisotopic (exact) mass is 269 g/mol. The topological polar surface area (TPSA) is 12.9 Å². The van der Waals surface area contributed by atoms with Crippen molar-refractivity contribution < 1.29 is 0 Å². The van der Waals surface area contributed by atoms with Crippen LogP contribution in [0.5, 0.6) is 0 Å². The van der Waals surface area contributed by atoms with Crippen LogP contribution in [0.1, 0.15) is 22.4 Å². The fourth-order valence-corrected chi connectivity index (χ4v) is 3.05. The van der Waals surface area contributed by atoms with E-state index < -0.39 is 0 Å². The molecule has 0 fully saturated rings. The summed E-state index contributed by atoms with van der Waals surface area (Å²) >= 11 is 0. The van der Waals surface area contributed by atoms with Gasteiger partial charge in [0.1, 0.15) is 0 Å². The lowest BCUT2D eigenvalue weighted by Gasteiger charge is -2.08. The van der Waals surface area contributed by atoms with E-state index in [4.69, 9.17) is 0 Å². The van der Waals surface area contributed by atoms with Gasteiger partial charge >= 0.3 is 0 Å². The summed E-state index contributed by atoms with van der Waals surface area (Å²) < 4.78 is 0. The fourth-order valence-electron chi connectivity index (χ4n) is 3.05. The van der Waals surface area contributed by atoms with Crippen molar-refractivity contribution >= 4 is 11.1 Å². The van der Waals surface area contributed by atoms with Crippen LogP contribution in [0, 0.1) is 0 Å². The van der Waals surface area contributed by atoms with E-state index in [9.17, 15) is 0 Å². The van der Waals surface area contributed by atoms with Gasteiger partial charge in [-0.05, 0) is 40.8 Å². The van der Waals surface area contributed by atoms with Crippen molar-refractivity contribution in [2.24, 2.45) is 0 Å². The Balaban J connectivity index is 1.97. The molecule has 1 nitrogen and oxygen atoms in total. The Hall–Kier alpha value is -2.67. The molecule has 0 unspecified atom stereocenters. The van der Waals surface area contributed by atoms with E-state index in [2.05, 4.69) is 71.7 Å². The second-order valence-corrected chi connectivity index (χ2v) is 5.27. The van der Waals surface area contributed by atoms with Gasteiger partial charge in [0.25, 0.3) is 0 Å². The highest BCUT2D eigenvalue weighted by Gasteiger charge is 2.23. The number of hydrogen-bond donors (Lipinski definition) is 0. The maximum absolute atomic E-state index is 4.58. The standard InChI is InChI=1S/C20H15N/c1-2-8-15(9-3-1)18-14-16-10-4-5-11-17(16)20(18)19-12-6-7-13-21-19/h1-13H,14H2. The summed E-state index contributed by atoms with van der Waals surface area (Å²) in [6.45, 7) is 0. The first-order valence-electron chi connectivity index (χ1n) is 7.22. The van der Waals surface area contributed by atoms with Crippen LogP contribution in [0.2, 0.25) is 0 Å². The molecule has 0 spiro atoms. The molecule has 1 aliphatic rings. The van der Waals surface area contributed by atoms with Crippen LogP contribution in [0.15, 0.2) is 79.0 Å². The maximum Gasteiger partial charge on any atom is 0.0711 e. The lowest BCUT2D eigenvalue weighted by molar-refractivity contribution is 1.28. The highest BCUT2D eigenvalue weighted by atomic mass is 14.7. The van der Waals surface area contributed by atoms with Crippen LogP contribution in [-0.4, -0.2) is 4.98 Å². The van der Waals surface area contributed by atoms with Gasteiger partial charge in [-0.25, -0.2) is 0 Å². The Labute approximate surface area is 124 Å². The zero-order valence-electron chi connectivity index (χ0n) is 11.7. The van der Waals surface area contributed by atoms with Crippen molar-refractivity contribution in [3.8, 4) is 0 Å². The van der Waals surface area contributed by atoms with Crippen molar-refractivity contribution in [3.05, 3.63) is 101 Å².